The fourth-order valence-corrected chi connectivity index (χ4v) is 2.46. The van der Waals surface area contributed by atoms with E-state index in [0.29, 0.717) is 11.4 Å². The minimum absolute atomic E-state index is 0.0702. The number of nitrogens with one attached hydrogen (secondary N) is 2. The van der Waals surface area contributed by atoms with Gasteiger partial charge in [-0.15, -0.1) is 0 Å². The van der Waals surface area contributed by atoms with E-state index in [1.807, 2.05) is 47.7 Å². The highest BCUT2D eigenvalue weighted by Crippen LogP contribution is 2.24. The van der Waals surface area contributed by atoms with Crippen LogP contribution in [0.2, 0.25) is 0 Å². The van der Waals surface area contributed by atoms with Crippen LogP contribution in [0.5, 0.6) is 0 Å². The molecule has 24 heavy (non-hydrogen) atoms. The largest absolute Gasteiger partial charge is 0.387 e. The van der Waals surface area contributed by atoms with Crippen LogP contribution >= 0.6 is 0 Å². The second kappa shape index (κ2) is 16.0. The van der Waals surface area contributed by atoms with Crippen molar-refractivity contribution in [1.29, 1.82) is 0 Å². The molecule has 1 fully saturated rings. The Hall–Kier alpha value is -1.84. The molecule has 1 saturated carbocycles. The zero-order valence-corrected chi connectivity index (χ0v) is 16.5. The van der Waals surface area contributed by atoms with Crippen molar-refractivity contribution in [2.45, 2.75) is 66.7 Å². The van der Waals surface area contributed by atoms with E-state index in [1.165, 1.54) is 6.42 Å². The van der Waals surface area contributed by atoms with Gasteiger partial charge in [0, 0.05) is 18.7 Å². The Morgan fingerprint density at radius 2 is 1.67 bits per heavy atom. The molecule has 1 aliphatic rings. The summed E-state index contributed by atoms with van der Waals surface area (Å²) in [5.74, 6) is 0.195. The van der Waals surface area contributed by atoms with Crippen molar-refractivity contribution >= 4 is 12.6 Å². The SMILES string of the molecule is C=NC(=C/C(=C)NC(=O)C1CCCCC1)/C(=C\C)NC.CC.CC. The zero-order valence-electron chi connectivity index (χ0n) is 16.5. The molecule has 0 aromatic carbocycles. The van der Waals surface area contributed by atoms with Crippen LogP contribution in [-0.2, 0) is 4.79 Å². The van der Waals surface area contributed by atoms with Crippen LogP contribution in [0.3, 0.4) is 0 Å². The highest BCUT2D eigenvalue weighted by atomic mass is 16.1. The molecule has 0 heterocycles. The zero-order chi connectivity index (χ0) is 19.0. The van der Waals surface area contributed by atoms with E-state index in [2.05, 4.69) is 28.9 Å². The standard InChI is InChI=1S/C16H25N3O.2C2H6/c1-5-14(17-3)15(18-4)11-12(2)19-16(20)13-9-7-6-8-10-13;2*1-2/h5,11,13,17H,2,4,6-10H2,1,3H3,(H,19,20);2*1-2H3/b14-5+,15-11+;;. The maximum atomic E-state index is 12.1. The Morgan fingerprint density at radius 3 is 2.08 bits per heavy atom. The number of likely N-dealkylation sites (N-methyl/N-ethyl adjacent to an activating group) is 1. The van der Waals surface area contributed by atoms with Gasteiger partial charge in [-0.1, -0.05) is 59.6 Å². The molecular weight excluding hydrogens is 298 g/mol. The lowest BCUT2D eigenvalue weighted by Crippen LogP contribution is -2.30. The Balaban J connectivity index is 0. The molecule has 0 radical (unpaired) electrons. The maximum Gasteiger partial charge on any atom is 0.227 e. The van der Waals surface area contributed by atoms with Crippen LogP contribution in [0.1, 0.15) is 66.7 Å². The van der Waals surface area contributed by atoms with Crippen molar-refractivity contribution in [2.75, 3.05) is 7.05 Å². The first-order valence-corrected chi connectivity index (χ1v) is 9.15. The number of allylic oxidation sites excluding steroid dienone is 2. The molecule has 0 atom stereocenters. The molecular formula is C20H37N3O. The summed E-state index contributed by atoms with van der Waals surface area (Å²) < 4.78 is 0. The van der Waals surface area contributed by atoms with E-state index in [4.69, 9.17) is 0 Å². The van der Waals surface area contributed by atoms with Crippen LogP contribution in [0.4, 0.5) is 0 Å². The number of carbonyl (C=O) groups is 1. The number of hydrogen-bond donors (Lipinski definition) is 2. The normalized spacial score (nSPS) is 15.1. The maximum absolute atomic E-state index is 12.1. The molecule has 0 unspecified atom stereocenters. The van der Waals surface area contributed by atoms with Crippen molar-refractivity contribution in [3.63, 3.8) is 0 Å². The third-order valence-electron chi connectivity index (χ3n) is 3.57. The molecule has 0 aromatic rings. The fourth-order valence-electron chi connectivity index (χ4n) is 2.46. The first-order chi connectivity index (χ1) is 11.6. The lowest BCUT2D eigenvalue weighted by Gasteiger charge is -2.20. The van der Waals surface area contributed by atoms with E-state index >= 15 is 0 Å². The van der Waals surface area contributed by atoms with Crippen molar-refractivity contribution in [3.8, 4) is 0 Å². The Kier molecular flexibility index (Phi) is 16.3. The molecule has 0 bridgehead atoms. The molecule has 0 aliphatic heterocycles. The molecule has 1 amide bonds. The Labute approximate surface area is 149 Å². The molecule has 2 N–H and O–H groups in total. The van der Waals surface area contributed by atoms with Gasteiger partial charge in [-0.25, -0.2) is 0 Å². The minimum Gasteiger partial charge on any atom is -0.387 e. The van der Waals surface area contributed by atoms with Gasteiger partial charge in [0.25, 0.3) is 0 Å². The first-order valence-electron chi connectivity index (χ1n) is 9.15. The third kappa shape index (κ3) is 9.33. The molecule has 1 rings (SSSR count). The highest BCUT2D eigenvalue weighted by Gasteiger charge is 2.21. The van der Waals surface area contributed by atoms with E-state index in [0.717, 1.165) is 31.4 Å². The smallest absolute Gasteiger partial charge is 0.227 e. The second-order valence-corrected chi connectivity index (χ2v) is 4.99. The summed E-state index contributed by atoms with van der Waals surface area (Å²) in [6, 6.07) is 0. The van der Waals surface area contributed by atoms with Gasteiger partial charge in [0.2, 0.25) is 5.91 Å². The fraction of sp³-hybridized carbons (Fsp3) is 0.600. The number of rotatable bonds is 6. The summed E-state index contributed by atoms with van der Waals surface area (Å²) >= 11 is 0. The average Bonchev–Trinajstić information content (AvgIpc) is 2.65. The number of nitrogens with zero attached hydrogens (tertiary/aromatic N) is 1. The molecule has 138 valence electrons. The summed E-state index contributed by atoms with van der Waals surface area (Å²) in [5.41, 5.74) is 2.08. The van der Waals surface area contributed by atoms with E-state index in [9.17, 15) is 4.79 Å². The van der Waals surface area contributed by atoms with Gasteiger partial charge in [0.1, 0.15) is 0 Å². The summed E-state index contributed by atoms with van der Waals surface area (Å²) in [6.07, 6.45) is 9.11. The third-order valence-corrected chi connectivity index (χ3v) is 3.57. The van der Waals surface area contributed by atoms with Gasteiger partial charge in [-0.2, -0.15) is 0 Å². The topological polar surface area (TPSA) is 53.5 Å². The van der Waals surface area contributed by atoms with Crippen molar-refractivity contribution in [3.05, 3.63) is 35.8 Å². The molecule has 4 heteroatoms. The van der Waals surface area contributed by atoms with Gasteiger partial charge in [0.05, 0.1) is 11.4 Å². The van der Waals surface area contributed by atoms with Gasteiger partial charge >= 0.3 is 0 Å². The van der Waals surface area contributed by atoms with Crippen molar-refractivity contribution in [2.24, 2.45) is 10.9 Å². The Bertz CT molecular complexity index is 430. The summed E-state index contributed by atoms with van der Waals surface area (Å²) in [5, 5.41) is 5.89. The summed E-state index contributed by atoms with van der Waals surface area (Å²) in [6.45, 7) is 17.3. The molecule has 1 aliphatic carbocycles. The number of amides is 1. The predicted molar refractivity (Wildman–Crippen MR) is 107 cm³/mol. The Morgan fingerprint density at radius 1 is 1.12 bits per heavy atom. The van der Waals surface area contributed by atoms with E-state index in [-0.39, 0.29) is 11.8 Å². The lowest BCUT2D eigenvalue weighted by atomic mass is 9.88. The minimum atomic E-state index is 0.0702. The predicted octanol–water partition coefficient (Wildman–Crippen LogP) is 4.96. The van der Waals surface area contributed by atoms with Gasteiger partial charge < -0.3 is 10.6 Å². The van der Waals surface area contributed by atoms with Gasteiger partial charge in [0.15, 0.2) is 0 Å². The summed E-state index contributed by atoms with van der Waals surface area (Å²) in [4.78, 5) is 16.1. The van der Waals surface area contributed by atoms with Crippen LogP contribution in [0.15, 0.2) is 40.8 Å². The molecule has 0 spiro atoms. The summed E-state index contributed by atoms with van der Waals surface area (Å²) in [7, 11) is 1.82. The van der Waals surface area contributed by atoms with E-state index in [1.54, 1.807) is 6.08 Å². The van der Waals surface area contributed by atoms with Crippen LogP contribution in [0, 0.1) is 5.92 Å². The van der Waals surface area contributed by atoms with Gasteiger partial charge in [-0.05, 0) is 32.6 Å². The average molecular weight is 336 g/mol. The van der Waals surface area contributed by atoms with Crippen LogP contribution in [-0.4, -0.2) is 19.7 Å². The molecule has 0 saturated heterocycles. The molecule has 0 aromatic heterocycles. The highest BCUT2D eigenvalue weighted by molar-refractivity contribution is 5.80. The van der Waals surface area contributed by atoms with E-state index < -0.39 is 0 Å². The lowest BCUT2D eigenvalue weighted by molar-refractivity contribution is -0.125. The second-order valence-electron chi connectivity index (χ2n) is 4.99. The number of aliphatic imine (C=N–C) groups is 1. The number of carbonyl (C=O) groups excluding carboxylic acids is 1. The van der Waals surface area contributed by atoms with Crippen molar-refractivity contribution in [1.82, 2.24) is 10.6 Å². The molecule has 4 nitrogen and oxygen atoms in total. The van der Waals surface area contributed by atoms with Gasteiger partial charge in [-0.3, -0.25) is 9.79 Å². The number of hydrogen-bond acceptors (Lipinski definition) is 3. The van der Waals surface area contributed by atoms with Crippen LogP contribution in [0.25, 0.3) is 0 Å². The first kappa shape index (κ1) is 24.4. The quantitative estimate of drug-likeness (QED) is 0.532. The monoisotopic (exact) mass is 335 g/mol. The van der Waals surface area contributed by atoms with Crippen LogP contribution < -0.4 is 10.6 Å². The van der Waals surface area contributed by atoms with Crippen molar-refractivity contribution < 1.29 is 4.79 Å².